The van der Waals surface area contributed by atoms with Gasteiger partial charge < -0.3 is 9.47 Å². The van der Waals surface area contributed by atoms with Crippen LogP contribution in [0, 0.1) is 5.41 Å². The van der Waals surface area contributed by atoms with Crippen molar-refractivity contribution in [2.75, 3.05) is 0 Å². The number of ether oxygens (including phenoxy) is 2. The minimum atomic E-state index is -1.47. The predicted octanol–water partition coefficient (Wildman–Crippen LogP) is 5.60. The van der Waals surface area contributed by atoms with Crippen molar-refractivity contribution in [3.8, 4) is 0 Å². The summed E-state index contributed by atoms with van der Waals surface area (Å²) in [5, 5.41) is 4.14. The zero-order chi connectivity index (χ0) is 22.3. The maximum atomic E-state index is 13.5. The fourth-order valence-electron chi connectivity index (χ4n) is 4.64. The van der Waals surface area contributed by atoms with Crippen molar-refractivity contribution in [1.29, 1.82) is 0 Å². The molecule has 1 aliphatic heterocycles. The second-order valence-corrected chi connectivity index (χ2v) is 8.89. The first-order valence-electron chi connectivity index (χ1n) is 10.8. The highest BCUT2D eigenvalue weighted by atomic mass is 16.7. The van der Waals surface area contributed by atoms with E-state index in [-0.39, 0.29) is 12.8 Å². The van der Waals surface area contributed by atoms with E-state index < -0.39 is 23.1 Å². The van der Waals surface area contributed by atoms with E-state index >= 15 is 0 Å². The van der Waals surface area contributed by atoms with Gasteiger partial charge in [0, 0.05) is 26.7 Å². The summed E-state index contributed by atoms with van der Waals surface area (Å²) in [6.45, 7) is 3.17. The van der Waals surface area contributed by atoms with Crippen molar-refractivity contribution in [3.05, 3.63) is 96.1 Å². The van der Waals surface area contributed by atoms with Gasteiger partial charge in [-0.2, -0.15) is 0 Å². The summed E-state index contributed by atoms with van der Waals surface area (Å²) >= 11 is 0. The van der Waals surface area contributed by atoms with Crippen LogP contribution in [0.2, 0.25) is 0 Å². The van der Waals surface area contributed by atoms with Gasteiger partial charge in [0.25, 0.3) is 5.79 Å². The molecule has 0 spiro atoms. The minimum Gasteiger partial charge on any atom is -0.422 e. The molecule has 0 amide bonds. The number of hydrogen-bond donors (Lipinski definition) is 0. The molecule has 4 aromatic rings. The van der Waals surface area contributed by atoms with Crippen LogP contribution in [0.4, 0.5) is 0 Å². The molecule has 4 aromatic carbocycles. The van der Waals surface area contributed by atoms with Gasteiger partial charge in [0.05, 0.1) is 0 Å². The van der Waals surface area contributed by atoms with Crippen molar-refractivity contribution >= 4 is 33.5 Å². The van der Waals surface area contributed by atoms with Gasteiger partial charge in [0.2, 0.25) is 0 Å². The highest BCUT2D eigenvalue weighted by Gasteiger charge is 2.56. The standard InChI is InChI=1S/C28H24O4/c1-27(2)31-25(29)28(26(30)32-27,17-21-13-7-11-19-9-3-5-15-23(19)21)18-22-14-8-12-20-10-4-6-16-24(20)22/h3-16H,17-18H2,1-2H3. The Hall–Kier alpha value is -3.66. The molecular weight excluding hydrogens is 400 g/mol. The van der Waals surface area contributed by atoms with E-state index in [1.54, 1.807) is 13.8 Å². The molecule has 0 N–H and O–H groups in total. The lowest BCUT2D eigenvalue weighted by Crippen LogP contribution is -2.56. The molecule has 0 unspecified atom stereocenters. The first kappa shape index (κ1) is 20.3. The Bertz CT molecular complexity index is 1240. The largest absolute Gasteiger partial charge is 0.422 e. The van der Waals surface area contributed by atoms with E-state index in [4.69, 9.17) is 9.47 Å². The van der Waals surface area contributed by atoms with Crippen LogP contribution in [-0.2, 0) is 31.9 Å². The molecule has 5 rings (SSSR count). The number of esters is 2. The zero-order valence-electron chi connectivity index (χ0n) is 18.1. The van der Waals surface area contributed by atoms with Crippen molar-refractivity contribution in [1.82, 2.24) is 0 Å². The molecule has 1 heterocycles. The summed E-state index contributed by atoms with van der Waals surface area (Å²) in [5.74, 6) is -2.37. The molecule has 0 saturated carbocycles. The molecule has 0 atom stereocenters. The number of benzene rings is 4. The molecule has 0 aliphatic carbocycles. The van der Waals surface area contributed by atoms with E-state index in [2.05, 4.69) is 0 Å². The quantitative estimate of drug-likeness (QED) is 0.316. The van der Waals surface area contributed by atoms with Crippen LogP contribution in [0.1, 0.15) is 25.0 Å². The third-order valence-corrected chi connectivity index (χ3v) is 6.20. The number of carbonyl (C=O) groups excluding carboxylic acids is 2. The van der Waals surface area contributed by atoms with Gasteiger partial charge in [0.15, 0.2) is 5.41 Å². The molecule has 160 valence electrons. The predicted molar refractivity (Wildman–Crippen MR) is 124 cm³/mol. The molecule has 0 bridgehead atoms. The van der Waals surface area contributed by atoms with Crippen molar-refractivity contribution in [2.24, 2.45) is 5.41 Å². The first-order valence-corrected chi connectivity index (χ1v) is 10.8. The molecule has 1 saturated heterocycles. The fourth-order valence-corrected chi connectivity index (χ4v) is 4.64. The van der Waals surface area contributed by atoms with Crippen LogP contribution in [0.3, 0.4) is 0 Å². The number of carbonyl (C=O) groups is 2. The lowest BCUT2D eigenvalue weighted by atomic mass is 9.74. The number of hydrogen-bond acceptors (Lipinski definition) is 4. The van der Waals surface area contributed by atoms with E-state index in [1.807, 2.05) is 84.9 Å². The summed E-state index contributed by atoms with van der Waals surface area (Å²) in [4.78, 5) is 27.0. The van der Waals surface area contributed by atoms with E-state index in [9.17, 15) is 9.59 Å². The van der Waals surface area contributed by atoms with Crippen LogP contribution >= 0.6 is 0 Å². The third kappa shape index (κ3) is 3.42. The first-order chi connectivity index (χ1) is 15.4. The second-order valence-electron chi connectivity index (χ2n) is 8.89. The van der Waals surface area contributed by atoms with Crippen LogP contribution in [-0.4, -0.2) is 17.7 Å². The van der Waals surface area contributed by atoms with Gasteiger partial charge in [-0.1, -0.05) is 84.9 Å². The monoisotopic (exact) mass is 424 g/mol. The number of fused-ring (bicyclic) bond motifs is 2. The van der Waals surface area contributed by atoms with Crippen molar-refractivity contribution < 1.29 is 19.1 Å². The summed E-state index contributed by atoms with van der Waals surface area (Å²) in [5.41, 5.74) is 0.359. The zero-order valence-corrected chi connectivity index (χ0v) is 18.1. The Kier molecular flexibility index (Phi) is 4.74. The van der Waals surface area contributed by atoms with Crippen molar-refractivity contribution in [3.63, 3.8) is 0 Å². The normalized spacial score (nSPS) is 17.2. The molecule has 0 aromatic heterocycles. The average Bonchev–Trinajstić information content (AvgIpc) is 2.77. The SMILES string of the molecule is CC1(C)OC(=O)C(Cc2cccc3ccccc23)(Cc2cccc3ccccc23)C(=O)O1. The van der Waals surface area contributed by atoms with Gasteiger partial charge >= 0.3 is 11.9 Å². The topological polar surface area (TPSA) is 52.6 Å². The van der Waals surface area contributed by atoms with E-state index in [0.717, 1.165) is 32.7 Å². The van der Waals surface area contributed by atoms with Crippen LogP contribution < -0.4 is 0 Å². The maximum absolute atomic E-state index is 13.5. The Morgan fingerprint density at radius 1 is 0.594 bits per heavy atom. The Morgan fingerprint density at radius 2 is 1.00 bits per heavy atom. The molecule has 4 heteroatoms. The summed E-state index contributed by atoms with van der Waals surface area (Å²) < 4.78 is 11.3. The lowest BCUT2D eigenvalue weighted by molar-refractivity contribution is -0.251. The molecule has 0 radical (unpaired) electrons. The average molecular weight is 424 g/mol. The second kappa shape index (κ2) is 7.49. The van der Waals surface area contributed by atoms with Crippen LogP contribution in [0.25, 0.3) is 21.5 Å². The van der Waals surface area contributed by atoms with Gasteiger partial charge in [-0.05, 0) is 32.7 Å². The minimum absolute atomic E-state index is 0.200. The van der Waals surface area contributed by atoms with E-state index in [0.29, 0.717) is 0 Å². The van der Waals surface area contributed by atoms with E-state index in [1.165, 1.54) is 0 Å². The van der Waals surface area contributed by atoms with Crippen LogP contribution in [0.5, 0.6) is 0 Å². The number of cyclic esters (lactones) is 2. The van der Waals surface area contributed by atoms with Gasteiger partial charge in [-0.15, -0.1) is 0 Å². The highest BCUT2D eigenvalue weighted by molar-refractivity contribution is 6.03. The maximum Gasteiger partial charge on any atom is 0.327 e. The molecular formula is C28H24O4. The fraction of sp³-hybridized carbons (Fsp3) is 0.214. The van der Waals surface area contributed by atoms with Gasteiger partial charge in [0.1, 0.15) is 0 Å². The summed E-state index contributed by atoms with van der Waals surface area (Å²) in [6.07, 6.45) is 0.399. The molecule has 1 aliphatic rings. The highest BCUT2D eigenvalue weighted by Crippen LogP contribution is 2.40. The Morgan fingerprint density at radius 3 is 1.47 bits per heavy atom. The lowest BCUT2D eigenvalue weighted by Gasteiger charge is -2.40. The number of rotatable bonds is 4. The van der Waals surface area contributed by atoms with Gasteiger partial charge in [-0.3, -0.25) is 9.59 Å². The Balaban J connectivity index is 1.66. The molecule has 32 heavy (non-hydrogen) atoms. The molecule has 1 fully saturated rings. The van der Waals surface area contributed by atoms with Gasteiger partial charge in [-0.25, -0.2) is 0 Å². The third-order valence-electron chi connectivity index (χ3n) is 6.20. The Labute approximate surface area is 186 Å². The summed E-state index contributed by atoms with van der Waals surface area (Å²) in [7, 11) is 0. The smallest absolute Gasteiger partial charge is 0.327 e. The van der Waals surface area contributed by atoms with Crippen LogP contribution in [0.15, 0.2) is 84.9 Å². The van der Waals surface area contributed by atoms with Crippen molar-refractivity contribution in [2.45, 2.75) is 32.5 Å². The molecule has 4 nitrogen and oxygen atoms in total. The summed E-state index contributed by atoms with van der Waals surface area (Å²) in [6, 6.07) is 27.8.